The maximum Gasteiger partial charge on any atom is 0.253 e. The van der Waals surface area contributed by atoms with Gasteiger partial charge in [-0.05, 0) is 57.3 Å². The Bertz CT molecular complexity index is 690. The zero-order valence-corrected chi connectivity index (χ0v) is 20.5. The molecule has 0 spiro atoms. The summed E-state index contributed by atoms with van der Waals surface area (Å²) >= 11 is 2.48. The Balaban J connectivity index is 1.26. The maximum absolute atomic E-state index is 12.3. The standard InChI is InChI=1S/C23H35IN4O3/c24-19-11-14-27(15-12-19)20(29)4-2-1-3-13-26-23(25)18-7-5-17(6-8-18)16-28-21(30)9-10-22(28)31/h9-10,17-19H,1-8,11-16H2,(H2,25,26). The van der Waals surface area contributed by atoms with Crippen molar-refractivity contribution in [1.29, 1.82) is 0 Å². The molecule has 3 amide bonds. The molecule has 0 aromatic rings. The highest BCUT2D eigenvalue weighted by Gasteiger charge is 2.30. The Kier molecular flexibility index (Phi) is 9.34. The van der Waals surface area contributed by atoms with Crippen molar-refractivity contribution in [3.05, 3.63) is 12.2 Å². The second-order valence-corrected chi connectivity index (χ2v) is 10.8. The molecule has 1 saturated heterocycles. The van der Waals surface area contributed by atoms with Crippen molar-refractivity contribution in [1.82, 2.24) is 9.80 Å². The van der Waals surface area contributed by atoms with Crippen LogP contribution in [0.25, 0.3) is 0 Å². The van der Waals surface area contributed by atoms with E-state index < -0.39 is 0 Å². The van der Waals surface area contributed by atoms with Gasteiger partial charge in [0.25, 0.3) is 11.8 Å². The molecule has 0 aromatic heterocycles. The SMILES string of the molecule is NC(=NCCCCCC(=O)N1CCC(I)CC1)C1CCC(CN2C(=O)C=CC2=O)CC1. The molecule has 7 nitrogen and oxygen atoms in total. The predicted molar refractivity (Wildman–Crippen MR) is 130 cm³/mol. The summed E-state index contributed by atoms with van der Waals surface area (Å²) in [6, 6.07) is 0. The van der Waals surface area contributed by atoms with Crippen LogP contribution in [-0.2, 0) is 14.4 Å². The van der Waals surface area contributed by atoms with Gasteiger partial charge in [0.05, 0.1) is 5.84 Å². The van der Waals surface area contributed by atoms with Crippen molar-refractivity contribution in [3.8, 4) is 0 Å². The fraction of sp³-hybridized carbons (Fsp3) is 0.739. The number of halogens is 1. The third-order valence-electron chi connectivity index (χ3n) is 6.73. The molecule has 2 aliphatic heterocycles. The second-order valence-electron chi connectivity index (χ2n) is 9.01. The van der Waals surface area contributed by atoms with Gasteiger partial charge in [-0.15, -0.1) is 0 Å². The minimum Gasteiger partial charge on any atom is -0.387 e. The van der Waals surface area contributed by atoms with E-state index in [1.807, 2.05) is 4.90 Å². The molecule has 3 aliphatic rings. The largest absolute Gasteiger partial charge is 0.387 e. The predicted octanol–water partition coefficient (Wildman–Crippen LogP) is 3.06. The van der Waals surface area contributed by atoms with Gasteiger partial charge in [-0.3, -0.25) is 24.3 Å². The first-order valence-electron chi connectivity index (χ1n) is 11.7. The lowest BCUT2D eigenvalue weighted by Crippen LogP contribution is -2.38. The number of hydrogen-bond acceptors (Lipinski definition) is 4. The number of imide groups is 1. The molecule has 172 valence electrons. The Morgan fingerprint density at radius 2 is 1.65 bits per heavy atom. The minimum absolute atomic E-state index is 0.194. The van der Waals surface area contributed by atoms with Crippen molar-refractivity contribution in [3.63, 3.8) is 0 Å². The van der Waals surface area contributed by atoms with E-state index in [1.54, 1.807) is 0 Å². The molecule has 0 aromatic carbocycles. The molecule has 0 atom stereocenters. The van der Waals surface area contributed by atoms with E-state index in [1.165, 1.54) is 17.1 Å². The number of rotatable bonds is 9. The van der Waals surface area contributed by atoms with Crippen LogP contribution in [0, 0.1) is 11.8 Å². The average molecular weight is 542 g/mol. The van der Waals surface area contributed by atoms with Crippen molar-refractivity contribution in [2.75, 3.05) is 26.2 Å². The van der Waals surface area contributed by atoms with E-state index in [9.17, 15) is 14.4 Å². The van der Waals surface area contributed by atoms with Crippen LogP contribution in [0.3, 0.4) is 0 Å². The molecule has 2 N–H and O–H groups in total. The van der Waals surface area contributed by atoms with Gasteiger partial charge in [-0.1, -0.05) is 29.0 Å². The van der Waals surface area contributed by atoms with Gasteiger partial charge in [-0.2, -0.15) is 0 Å². The quantitative estimate of drug-likeness (QED) is 0.121. The maximum atomic E-state index is 12.3. The molecule has 2 fully saturated rings. The molecular weight excluding hydrogens is 507 g/mol. The lowest BCUT2D eigenvalue weighted by Gasteiger charge is -2.30. The molecule has 31 heavy (non-hydrogen) atoms. The number of unbranched alkanes of at least 4 members (excludes halogenated alkanes) is 2. The first-order chi connectivity index (χ1) is 14.9. The number of aliphatic imine (C=N–C) groups is 1. The van der Waals surface area contributed by atoms with E-state index in [4.69, 9.17) is 5.73 Å². The van der Waals surface area contributed by atoms with Crippen LogP contribution < -0.4 is 5.73 Å². The number of likely N-dealkylation sites (tertiary alicyclic amines) is 1. The number of carbonyl (C=O) groups is 3. The summed E-state index contributed by atoms with van der Waals surface area (Å²) < 4.78 is 0.718. The van der Waals surface area contributed by atoms with Gasteiger partial charge in [-0.25, -0.2) is 0 Å². The van der Waals surface area contributed by atoms with E-state index in [2.05, 4.69) is 27.6 Å². The number of nitrogens with two attached hydrogens (primary N) is 1. The monoisotopic (exact) mass is 542 g/mol. The number of carbonyl (C=O) groups excluding carboxylic acids is 3. The zero-order chi connectivity index (χ0) is 22.2. The van der Waals surface area contributed by atoms with Crippen molar-refractivity contribution < 1.29 is 14.4 Å². The molecule has 3 rings (SSSR count). The average Bonchev–Trinajstić information content (AvgIpc) is 3.09. The van der Waals surface area contributed by atoms with Crippen molar-refractivity contribution >= 4 is 46.1 Å². The molecule has 0 radical (unpaired) electrons. The van der Waals surface area contributed by atoms with Gasteiger partial charge >= 0.3 is 0 Å². The molecule has 1 saturated carbocycles. The summed E-state index contributed by atoms with van der Waals surface area (Å²) in [7, 11) is 0. The molecule has 0 bridgehead atoms. The summed E-state index contributed by atoms with van der Waals surface area (Å²) in [5.74, 6) is 1.32. The van der Waals surface area contributed by atoms with Crippen LogP contribution in [0.1, 0.15) is 64.2 Å². The van der Waals surface area contributed by atoms with Crippen molar-refractivity contribution in [2.24, 2.45) is 22.6 Å². The van der Waals surface area contributed by atoms with E-state index in [0.29, 0.717) is 30.7 Å². The fourth-order valence-corrected chi connectivity index (χ4v) is 5.22. The second kappa shape index (κ2) is 12.0. The van der Waals surface area contributed by atoms with E-state index in [0.717, 1.165) is 87.2 Å². The van der Waals surface area contributed by atoms with Crippen LogP contribution in [0.2, 0.25) is 0 Å². The number of nitrogens with zero attached hydrogens (tertiary/aromatic N) is 3. The number of hydrogen-bond donors (Lipinski definition) is 1. The van der Waals surface area contributed by atoms with Crippen LogP contribution in [0.15, 0.2) is 17.1 Å². The molecular formula is C23H35IN4O3. The number of alkyl halides is 1. The number of amidine groups is 1. The molecule has 1 aliphatic carbocycles. The highest BCUT2D eigenvalue weighted by molar-refractivity contribution is 14.1. The smallest absolute Gasteiger partial charge is 0.253 e. The number of piperidine rings is 1. The topological polar surface area (TPSA) is 96.1 Å². The Hall–Kier alpha value is -1.45. The highest BCUT2D eigenvalue weighted by Crippen LogP contribution is 2.30. The van der Waals surface area contributed by atoms with E-state index >= 15 is 0 Å². The summed E-state index contributed by atoms with van der Waals surface area (Å²) in [4.78, 5) is 43.6. The lowest BCUT2D eigenvalue weighted by molar-refractivity contribution is -0.137. The molecule has 0 unspecified atom stereocenters. The van der Waals surface area contributed by atoms with Gasteiger partial charge in [0.2, 0.25) is 5.91 Å². The lowest BCUT2D eigenvalue weighted by atomic mass is 9.81. The Labute approximate surface area is 199 Å². The Morgan fingerprint density at radius 1 is 1.00 bits per heavy atom. The first-order valence-corrected chi connectivity index (χ1v) is 12.9. The highest BCUT2D eigenvalue weighted by atomic mass is 127. The number of amides is 3. The van der Waals surface area contributed by atoms with Gasteiger partial charge in [0.1, 0.15) is 0 Å². The summed E-state index contributed by atoms with van der Waals surface area (Å²) in [5, 5.41) is 0. The first kappa shape index (κ1) is 24.2. The molecule has 8 heteroatoms. The van der Waals surface area contributed by atoms with Crippen LogP contribution >= 0.6 is 22.6 Å². The summed E-state index contributed by atoms with van der Waals surface area (Å²) in [6.07, 6.45) is 12.3. The summed E-state index contributed by atoms with van der Waals surface area (Å²) in [5.41, 5.74) is 6.23. The van der Waals surface area contributed by atoms with Crippen LogP contribution in [-0.4, -0.2) is 63.5 Å². The normalized spacial score (nSPS) is 25.5. The van der Waals surface area contributed by atoms with E-state index in [-0.39, 0.29) is 11.8 Å². The Morgan fingerprint density at radius 3 is 2.29 bits per heavy atom. The minimum atomic E-state index is -0.194. The fourth-order valence-electron chi connectivity index (χ4n) is 4.67. The van der Waals surface area contributed by atoms with Gasteiger partial charge < -0.3 is 10.6 Å². The van der Waals surface area contributed by atoms with Crippen LogP contribution in [0.5, 0.6) is 0 Å². The molecule has 2 heterocycles. The van der Waals surface area contributed by atoms with Crippen LogP contribution in [0.4, 0.5) is 0 Å². The third-order valence-corrected chi connectivity index (χ3v) is 7.97. The zero-order valence-electron chi connectivity index (χ0n) is 18.3. The van der Waals surface area contributed by atoms with Crippen molar-refractivity contribution in [2.45, 2.75) is 68.1 Å². The van der Waals surface area contributed by atoms with Gasteiger partial charge in [0.15, 0.2) is 0 Å². The summed E-state index contributed by atoms with van der Waals surface area (Å²) in [6.45, 7) is 3.07. The third kappa shape index (κ3) is 7.29. The van der Waals surface area contributed by atoms with Gasteiger partial charge in [0, 0.05) is 54.6 Å².